The highest BCUT2D eigenvalue weighted by molar-refractivity contribution is 6.31. The summed E-state index contributed by atoms with van der Waals surface area (Å²) in [6.07, 6.45) is 1.64. The lowest BCUT2D eigenvalue weighted by Crippen LogP contribution is -1.93. The van der Waals surface area contributed by atoms with Crippen LogP contribution in [0.25, 0.3) is 0 Å². The Morgan fingerprint density at radius 1 is 1.60 bits per heavy atom. The molecule has 0 radical (unpaired) electrons. The molecule has 0 saturated carbocycles. The minimum Gasteiger partial charge on any atom is -0.388 e. The van der Waals surface area contributed by atoms with Crippen LogP contribution in [0.4, 0.5) is 5.69 Å². The molecule has 0 aromatic carbocycles. The second kappa shape index (κ2) is 6.86. The Labute approximate surface area is 91.0 Å². The first kappa shape index (κ1) is 13.5. The summed E-state index contributed by atoms with van der Waals surface area (Å²) in [6.45, 7) is 0. The van der Waals surface area contributed by atoms with E-state index in [4.69, 9.17) is 11.6 Å². The molecular weight excluding hydrogens is 224 g/mol. The number of hydrogen-bond acceptors (Lipinski definition) is 5. The molecule has 1 aromatic rings. The van der Waals surface area contributed by atoms with Crippen molar-refractivity contribution in [2.75, 3.05) is 14.2 Å². The van der Waals surface area contributed by atoms with Crippen LogP contribution in [0, 0.1) is 10.1 Å². The second-order valence-corrected chi connectivity index (χ2v) is 2.72. The van der Waals surface area contributed by atoms with Gasteiger partial charge in [0.2, 0.25) is 5.15 Å². The van der Waals surface area contributed by atoms with Gasteiger partial charge in [-0.05, 0) is 0 Å². The number of nitrogens with zero attached hydrogens (tertiary/aromatic N) is 2. The van der Waals surface area contributed by atoms with Gasteiger partial charge in [0.1, 0.15) is 0 Å². The lowest BCUT2D eigenvalue weighted by Gasteiger charge is -1.93. The lowest BCUT2D eigenvalue weighted by molar-refractivity contribution is -0.385. The van der Waals surface area contributed by atoms with E-state index in [1.165, 1.54) is 6.20 Å². The number of rotatable bonds is 2. The highest BCUT2D eigenvalue weighted by Gasteiger charge is 2.13. The molecule has 0 aliphatic heterocycles. The van der Waals surface area contributed by atoms with Gasteiger partial charge >= 0.3 is 5.69 Å². The number of halogens is 1. The van der Waals surface area contributed by atoms with Crippen molar-refractivity contribution in [3.05, 3.63) is 33.1 Å². The molecule has 1 rings (SSSR count). The predicted octanol–water partition coefficient (Wildman–Crippen LogP) is 1.72. The topological polar surface area (TPSA) is 82.3 Å². The smallest absolute Gasteiger partial charge is 0.307 e. The van der Waals surface area contributed by atoms with Gasteiger partial charge in [0, 0.05) is 32.0 Å². The number of aldehydes is 1. The van der Waals surface area contributed by atoms with Crippen molar-refractivity contribution in [1.82, 2.24) is 4.98 Å². The van der Waals surface area contributed by atoms with Crippen molar-refractivity contribution in [2.45, 2.75) is 0 Å². The molecule has 6 nitrogen and oxygen atoms in total. The molecule has 7 heteroatoms. The molecule has 0 aliphatic carbocycles. The molecule has 15 heavy (non-hydrogen) atoms. The fourth-order valence-corrected chi connectivity index (χ4v) is 0.817. The van der Waals surface area contributed by atoms with E-state index in [0.717, 1.165) is 6.07 Å². The van der Waals surface area contributed by atoms with Crippen LogP contribution < -0.4 is 0 Å². The summed E-state index contributed by atoms with van der Waals surface area (Å²) >= 11 is 5.38. The maximum absolute atomic E-state index is 10.3. The highest BCUT2D eigenvalue weighted by Crippen LogP contribution is 2.21. The van der Waals surface area contributed by atoms with Gasteiger partial charge in [0.15, 0.2) is 6.29 Å². The van der Waals surface area contributed by atoms with Crippen molar-refractivity contribution < 1.29 is 14.5 Å². The van der Waals surface area contributed by atoms with Crippen LogP contribution in [0.2, 0.25) is 5.15 Å². The minimum atomic E-state index is -0.692. The lowest BCUT2D eigenvalue weighted by atomic mass is 10.3. The van der Waals surface area contributed by atoms with Gasteiger partial charge in [-0.25, -0.2) is 4.98 Å². The van der Waals surface area contributed by atoms with E-state index < -0.39 is 4.92 Å². The SMILES string of the molecule is COC.O=Cc1cnc(Cl)c([N+](=O)[O-])c1. The maximum atomic E-state index is 10.3. The van der Waals surface area contributed by atoms with Crippen LogP contribution in [0.15, 0.2) is 12.3 Å². The van der Waals surface area contributed by atoms with Crippen LogP contribution in [0.5, 0.6) is 0 Å². The number of hydrogen-bond donors (Lipinski definition) is 0. The standard InChI is InChI=1S/C6H3ClN2O3.C2H6O/c7-6-5(9(11)12)1-4(3-10)2-8-6;1-3-2/h1-3H;1-2H3. The molecule has 0 bridgehead atoms. The Morgan fingerprint density at radius 3 is 2.53 bits per heavy atom. The zero-order valence-electron chi connectivity index (χ0n) is 8.14. The number of carbonyl (C=O) groups is 1. The molecular formula is C8H9ClN2O4. The van der Waals surface area contributed by atoms with E-state index in [2.05, 4.69) is 9.72 Å². The quantitative estimate of drug-likeness (QED) is 0.336. The normalized spacial score (nSPS) is 8.73. The summed E-state index contributed by atoms with van der Waals surface area (Å²) in [5.41, 5.74) is -0.229. The Balaban J connectivity index is 0.000000583. The molecule has 1 aromatic heterocycles. The average molecular weight is 233 g/mol. The van der Waals surface area contributed by atoms with Crippen LogP contribution in [-0.2, 0) is 4.74 Å². The summed E-state index contributed by atoms with van der Waals surface area (Å²) in [5.74, 6) is 0. The van der Waals surface area contributed by atoms with E-state index in [1.807, 2.05) is 0 Å². The zero-order valence-corrected chi connectivity index (χ0v) is 8.89. The Bertz CT molecular complexity index is 356. The molecule has 0 unspecified atom stereocenters. The summed E-state index contributed by atoms with van der Waals surface area (Å²) in [5, 5.41) is 10.0. The zero-order chi connectivity index (χ0) is 11.8. The van der Waals surface area contributed by atoms with Gasteiger partial charge in [-0.3, -0.25) is 14.9 Å². The first-order chi connectivity index (χ1) is 7.06. The van der Waals surface area contributed by atoms with Crippen molar-refractivity contribution in [2.24, 2.45) is 0 Å². The van der Waals surface area contributed by atoms with E-state index in [9.17, 15) is 14.9 Å². The van der Waals surface area contributed by atoms with E-state index in [0.29, 0.717) is 6.29 Å². The Kier molecular flexibility index (Phi) is 6.16. The summed E-state index contributed by atoms with van der Waals surface area (Å²) < 4.78 is 4.25. The monoisotopic (exact) mass is 232 g/mol. The predicted molar refractivity (Wildman–Crippen MR) is 54.2 cm³/mol. The second-order valence-electron chi connectivity index (χ2n) is 2.36. The molecule has 0 saturated heterocycles. The summed E-state index contributed by atoms with van der Waals surface area (Å²) in [4.78, 5) is 23.2. The third-order valence-corrected chi connectivity index (χ3v) is 1.47. The fraction of sp³-hybridized carbons (Fsp3) is 0.250. The Hall–Kier alpha value is -1.53. The number of ether oxygens (including phenoxy) is 1. The van der Waals surface area contributed by atoms with Gasteiger partial charge in [0.25, 0.3) is 0 Å². The first-order valence-electron chi connectivity index (χ1n) is 3.72. The molecule has 0 amide bonds. The van der Waals surface area contributed by atoms with Gasteiger partial charge < -0.3 is 4.74 Å². The Morgan fingerprint density at radius 2 is 2.13 bits per heavy atom. The van der Waals surface area contributed by atoms with Crippen LogP contribution in [-0.4, -0.2) is 30.4 Å². The van der Waals surface area contributed by atoms with Crippen LogP contribution in [0.1, 0.15) is 10.4 Å². The molecule has 0 atom stereocenters. The number of carbonyl (C=O) groups excluding carboxylic acids is 1. The number of pyridine rings is 1. The van der Waals surface area contributed by atoms with Crippen molar-refractivity contribution in [3.8, 4) is 0 Å². The van der Waals surface area contributed by atoms with Crippen LogP contribution >= 0.6 is 11.6 Å². The number of aromatic nitrogens is 1. The highest BCUT2D eigenvalue weighted by atomic mass is 35.5. The van der Waals surface area contributed by atoms with Gasteiger partial charge in [-0.15, -0.1) is 0 Å². The third kappa shape index (κ3) is 4.48. The molecule has 0 N–H and O–H groups in total. The largest absolute Gasteiger partial charge is 0.388 e. The van der Waals surface area contributed by atoms with Crippen molar-refractivity contribution >= 4 is 23.6 Å². The number of nitro groups is 1. The third-order valence-electron chi connectivity index (χ3n) is 1.17. The minimum absolute atomic E-state index is 0.131. The molecule has 82 valence electrons. The van der Waals surface area contributed by atoms with Gasteiger partial charge in [-0.2, -0.15) is 0 Å². The fourth-order valence-electron chi connectivity index (χ4n) is 0.645. The van der Waals surface area contributed by atoms with E-state index in [1.54, 1.807) is 14.2 Å². The summed E-state index contributed by atoms with van der Waals surface area (Å²) in [7, 11) is 3.25. The molecule has 1 heterocycles. The maximum Gasteiger partial charge on any atom is 0.307 e. The van der Waals surface area contributed by atoms with Crippen molar-refractivity contribution in [3.63, 3.8) is 0 Å². The van der Waals surface area contributed by atoms with Crippen molar-refractivity contribution in [1.29, 1.82) is 0 Å². The van der Waals surface area contributed by atoms with Gasteiger partial charge in [-0.1, -0.05) is 11.6 Å². The molecule has 0 fully saturated rings. The first-order valence-corrected chi connectivity index (χ1v) is 4.09. The van der Waals surface area contributed by atoms with Gasteiger partial charge in [0.05, 0.1) is 4.92 Å². The number of methoxy groups -OCH3 is 1. The average Bonchev–Trinajstić information content (AvgIpc) is 2.19. The van der Waals surface area contributed by atoms with E-state index in [-0.39, 0.29) is 16.4 Å². The summed E-state index contributed by atoms with van der Waals surface area (Å²) in [6, 6.07) is 1.07. The van der Waals surface area contributed by atoms with Crippen LogP contribution in [0.3, 0.4) is 0 Å². The molecule has 0 aliphatic rings. The molecule has 0 spiro atoms. The van der Waals surface area contributed by atoms with E-state index >= 15 is 0 Å².